The third kappa shape index (κ3) is 25.0. The van der Waals surface area contributed by atoms with E-state index in [2.05, 4.69) is 130 Å². The van der Waals surface area contributed by atoms with Gasteiger partial charge in [0.2, 0.25) is 0 Å². The molecule has 0 aromatic heterocycles. The Bertz CT molecular complexity index is 1140. The molecule has 0 nitrogen and oxygen atoms in total. The first-order chi connectivity index (χ1) is 14.6. The topological polar surface area (TPSA) is 0 Å². The van der Waals surface area contributed by atoms with Crippen molar-refractivity contribution in [2.75, 3.05) is 0 Å². The summed E-state index contributed by atoms with van der Waals surface area (Å²) in [6.45, 7) is 6.38. The first-order valence-electron chi connectivity index (χ1n) is 10.4. The molecule has 3 radical (unpaired) electrons. The summed E-state index contributed by atoms with van der Waals surface area (Å²) in [5, 5.41) is 8.08. The molecule has 0 saturated carbocycles. The van der Waals surface area contributed by atoms with Crippen molar-refractivity contribution in [3.63, 3.8) is 0 Å². The summed E-state index contributed by atoms with van der Waals surface area (Å²) in [6, 6.07) is 38.5. The van der Waals surface area contributed by atoms with Crippen LogP contribution in [0.1, 0.15) is 16.7 Å². The van der Waals surface area contributed by atoms with Crippen LogP contribution in [0.25, 0.3) is 32.3 Å². The van der Waals surface area contributed by atoms with E-state index in [9.17, 15) is 0 Å². The molecule has 0 spiro atoms. The summed E-state index contributed by atoms with van der Waals surface area (Å²) in [6.07, 6.45) is 0. The fourth-order valence-electron chi connectivity index (χ4n) is 3.92. The molecule has 0 aliphatic carbocycles. The van der Waals surface area contributed by atoms with Crippen LogP contribution in [0.3, 0.4) is 0 Å². The Balaban J connectivity index is -0.0000000311. The van der Waals surface area contributed by atoms with Crippen molar-refractivity contribution in [3.05, 3.63) is 170 Å². The number of rotatable bonds is 0. The first kappa shape index (κ1) is 80.8. The zero-order valence-corrected chi connectivity index (χ0v) is 42.5. The summed E-state index contributed by atoms with van der Waals surface area (Å²) >= 11 is 0. The number of fused-ring (bicyclic) bond motifs is 3. The minimum absolute atomic E-state index is 0. The van der Waals surface area contributed by atoms with Crippen molar-refractivity contribution in [2.45, 2.75) is 20.8 Å². The molecule has 9 heteroatoms. The monoisotopic (exact) mass is 954 g/mol. The zero-order chi connectivity index (χ0) is 20.9. The van der Waals surface area contributed by atoms with E-state index in [1.54, 1.807) is 0 Å². The Morgan fingerprint density at radius 1 is 0.356 bits per heavy atom. The van der Waals surface area contributed by atoms with Crippen LogP contribution >= 0.6 is 29.7 Å². The van der Waals surface area contributed by atoms with Crippen molar-refractivity contribution >= 4 is 62.0 Å². The summed E-state index contributed by atoms with van der Waals surface area (Å²) < 4.78 is 0. The molecule has 0 fully saturated rings. The van der Waals surface area contributed by atoms with Crippen molar-refractivity contribution in [2.24, 2.45) is 0 Å². The van der Waals surface area contributed by atoms with Crippen molar-refractivity contribution in [3.8, 4) is 0 Å². The Labute approximate surface area is 364 Å². The van der Waals surface area contributed by atoms with E-state index in [0.717, 1.165) is 0 Å². The Morgan fingerprint density at radius 3 is 0.711 bits per heavy atom. The van der Waals surface area contributed by atoms with Crippen molar-refractivity contribution in [1.82, 2.24) is 0 Å². The molecule has 6 aromatic rings. The number of aryl methyl sites for hydroxylation is 3. The summed E-state index contributed by atoms with van der Waals surface area (Å²) in [4.78, 5) is 0. The molecule has 249 valence electrons. The molecule has 0 amide bonds. The Kier molecular flexibility index (Phi) is 74.4. The van der Waals surface area contributed by atoms with Gasteiger partial charge in [0.1, 0.15) is 0 Å². The minimum atomic E-state index is 0. The van der Waals surface area contributed by atoms with E-state index in [1.165, 1.54) is 49.0 Å². The van der Waals surface area contributed by atoms with Gasteiger partial charge in [-0.15, -0.1) is 122 Å². The fraction of sp³-hybridized carbons (Fsp3) is 0.0833. The van der Waals surface area contributed by atoms with Gasteiger partial charge in [-0.05, 0) is 0 Å². The van der Waals surface area contributed by atoms with E-state index < -0.39 is 0 Å². The van der Waals surface area contributed by atoms with Gasteiger partial charge in [-0.1, -0.05) is 39.0 Å². The van der Waals surface area contributed by atoms with Gasteiger partial charge in [0.25, 0.3) is 0 Å². The number of benzene rings is 3. The van der Waals surface area contributed by atoms with Gasteiger partial charge < -0.3 is 81.8 Å². The largest absolute Gasteiger partial charge is 3.00 e. The van der Waals surface area contributed by atoms with Crippen LogP contribution in [0.5, 0.6) is 0 Å². The first-order valence-corrected chi connectivity index (χ1v) is 10.4. The molecule has 45 heavy (non-hydrogen) atoms. The number of halogens is 3. The molecule has 6 aromatic carbocycles. The third-order valence-electron chi connectivity index (χ3n) is 5.29. The summed E-state index contributed by atoms with van der Waals surface area (Å²) in [5.41, 5.74) is 4.05. The molecule has 0 saturated heterocycles. The molecule has 3 unspecified atom stereocenters. The molecular formula is C36H54Cl3P3Zr3-3. The molecular weight excluding hydrogens is 905 g/mol. The third-order valence-corrected chi connectivity index (χ3v) is 5.29. The molecule has 3 atom stereocenters. The molecule has 0 aliphatic heterocycles. The summed E-state index contributed by atoms with van der Waals surface area (Å²) in [5.74, 6) is 0. The normalized spacial score (nSPS) is 7.00. The van der Waals surface area contributed by atoms with Gasteiger partial charge >= 0.3 is 78.6 Å². The predicted molar refractivity (Wildman–Crippen MR) is 205 cm³/mol. The molecule has 0 N–H and O–H groups in total. The molecule has 0 bridgehead atoms. The van der Waals surface area contributed by atoms with Crippen LogP contribution in [0.2, 0.25) is 0 Å². The molecule has 6 rings (SSSR count). The SMILES string of the molecule is Cc1cc2ccccc2[cH-]1.Cc1cc2ccccc2[cH-]1.Cc1cc2ccccc2[cH-]1.P.P.P.[CH3-].[CH3-].[CH3-].[CH3-].[CH3-].[CH3-].[Cl-].[Cl-].[Cl-].[Zr+3].[Zr+3].[Zr+3]. The van der Waals surface area contributed by atoms with E-state index in [-0.39, 0.29) is 190 Å². The molecule has 0 heterocycles. The van der Waals surface area contributed by atoms with E-state index in [1.807, 2.05) is 0 Å². The van der Waals surface area contributed by atoms with Gasteiger partial charge in [-0.2, -0.15) is 47.9 Å². The maximum Gasteiger partial charge on any atom is 3.00 e. The number of hydrogen-bond acceptors (Lipinski definition) is 0. The Hall–Kier alpha value is 1.30. The maximum absolute atomic E-state index is 2.20. The van der Waals surface area contributed by atoms with Crippen molar-refractivity contribution < 1.29 is 116 Å². The smallest absolute Gasteiger partial charge is 1.00 e. The van der Waals surface area contributed by atoms with Crippen LogP contribution in [-0.4, -0.2) is 0 Å². The van der Waals surface area contributed by atoms with E-state index in [0.29, 0.717) is 0 Å². The average Bonchev–Trinajstić information content (AvgIpc) is 3.41. The predicted octanol–water partition coefficient (Wildman–Crippen LogP) is 2.48. The second-order valence-electron chi connectivity index (χ2n) is 7.98. The van der Waals surface area contributed by atoms with Gasteiger partial charge in [-0.25, -0.2) is 0 Å². The van der Waals surface area contributed by atoms with Crippen LogP contribution in [0.15, 0.2) is 109 Å². The van der Waals surface area contributed by atoms with E-state index in [4.69, 9.17) is 0 Å². The van der Waals surface area contributed by atoms with Crippen molar-refractivity contribution in [1.29, 1.82) is 0 Å². The average molecular weight is 960 g/mol. The maximum atomic E-state index is 2.20. The van der Waals surface area contributed by atoms with Gasteiger partial charge in [0, 0.05) is 0 Å². The number of hydrogen-bond donors (Lipinski definition) is 0. The van der Waals surface area contributed by atoms with Crippen LogP contribution < -0.4 is 37.2 Å². The van der Waals surface area contributed by atoms with Crippen LogP contribution in [0, 0.1) is 65.3 Å². The molecule has 0 aliphatic rings. The second-order valence-corrected chi connectivity index (χ2v) is 7.98. The quantitative estimate of drug-likeness (QED) is 0.163. The van der Waals surface area contributed by atoms with Gasteiger partial charge in [-0.3, -0.25) is 0 Å². The van der Waals surface area contributed by atoms with Crippen LogP contribution in [-0.2, 0) is 78.6 Å². The van der Waals surface area contributed by atoms with Gasteiger partial charge in [0.05, 0.1) is 0 Å². The fourth-order valence-corrected chi connectivity index (χ4v) is 3.92. The second kappa shape index (κ2) is 41.5. The van der Waals surface area contributed by atoms with E-state index >= 15 is 0 Å². The van der Waals surface area contributed by atoms with Gasteiger partial charge in [0.15, 0.2) is 0 Å². The standard InChI is InChI=1S/3C10H9.6CH3.3ClH.3H3P.3Zr/c3*1-8-6-9-4-2-3-5-10(9)7-8;;;;;;;;;;;;;;;/h3*2-7H,1H3;6*1H3;3*1H;3*1H3;;;/q9*-1;;;;;;;3*+3/p-3. The summed E-state index contributed by atoms with van der Waals surface area (Å²) in [7, 11) is 0. The Morgan fingerprint density at radius 2 is 0.533 bits per heavy atom. The minimum Gasteiger partial charge on any atom is -1.00 e. The zero-order valence-electron chi connectivity index (χ0n) is 28.6. The van der Waals surface area contributed by atoms with Crippen LogP contribution in [0.4, 0.5) is 0 Å².